The van der Waals surface area contributed by atoms with Crippen LogP contribution in [0, 0.1) is 5.82 Å². The van der Waals surface area contributed by atoms with Gasteiger partial charge in [0.2, 0.25) is 5.91 Å². The summed E-state index contributed by atoms with van der Waals surface area (Å²) in [6.07, 6.45) is 5.12. The number of carbonyl (C=O) groups excluding carboxylic acids is 2. The van der Waals surface area contributed by atoms with E-state index in [2.05, 4.69) is 0 Å². The molecule has 23 heavy (non-hydrogen) atoms. The van der Waals surface area contributed by atoms with Crippen molar-refractivity contribution in [3.05, 3.63) is 41.7 Å². The molecule has 1 rings (SSSR count). The van der Waals surface area contributed by atoms with Crippen LogP contribution in [0.25, 0.3) is 6.08 Å². The van der Waals surface area contributed by atoms with Gasteiger partial charge in [0.05, 0.1) is 13.0 Å². The fourth-order valence-corrected chi connectivity index (χ4v) is 1.99. The van der Waals surface area contributed by atoms with E-state index in [1.54, 1.807) is 30.0 Å². The number of esters is 1. The second-order valence-corrected chi connectivity index (χ2v) is 5.12. The minimum Gasteiger partial charge on any atom is -0.466 e. The number of unbranched alkanes of at least 4 members (excludes halogenated alkanes) is 1. The Hall–Kier alpha value is -2.17. The Morgan fingerprint density at radius 1 is 1.17 bits per heavy atom. The number of hydrogen-bond donors (Lipinski definition) is 0. The van der Waals surface area contributed by atoms with E-state index in [9.17, 15) is 14.0 Å². The number of rotatable bonds is 9. The summed E-state index contributed by atoms with van der Waals surface area (Å²) in [5.41, 5.74) is 0.751. The SMILES string of the molecule is CCCCN(CCC(=O)OCC)C(=O)/C=C/c1ccc(F)cc1. The molecule has 0 radical (unpaired) electrons. The summed E-state index contributed by atoms with van der Waals surface area (Å²) in [7, 11) is 0. The topological polar surface area (TPSA) is 46.6 Å². The van der Waals surface area contributed by atoms with Gasteiger partial charge in [-0.3, -0.25) is 9.59 Å². The molecule has 1 aromatic rings. The molecule has 1 amide bonds. The van der Waals surface area contributed by atoms with Crippen LogP contribution in [-0.2, 0) is 14.3 Å². The van der Waals surface area contributed by atoms with Crippen LogP contribution >= 0.6 is 0 Å². The highest BCUT2D eigenvalue weighted by atomic mass is 19.1. The van der Waals surface area contributed by atoms with E-state index >= 15 is 0 Å². The number of nitrogens with zero attached hydrogens (tertiary/aromatic N) is 1. The zero-order chi connectivity index (χ0) is 17.1. The van der Waals surface area contributed by atoms with Crippen LogP contribution < -0.4 is 0 Å². The molecule has 1 aromatic carbocycles. The van der Waals surface area contributed by atoms with Crippen molar-refractivity contribution in [3.63, 3.8) is 0 Å². The molecule has 5 heteroatoms. The number of hydrogen-bond acceptors (Lipinski definition) is 3. The first-order chi connectivity index (χ1) is 11.1. The van der Waals surface area contributed by atoms with Crippen LogP contribution in [0.3, 0.4) is 0 Å². The molecule has 0 aromatic heterocycles. The van der Waals surface area contributed by atoms with Gasteiger partial charge in [-0.1, -0.05) is 25.5 Å². The minimum atomic E-state index is -0.313. The van der Waals surface area contributed by atoms with Gasteiger partial charge in [-0.25, -0.2) is 4.39 Å². The Kier molecular flexibility index (Phi) is 8.65. The van der Waals surface area contributed by atoms with E-state index in [0.29, 0.717) is 19.7 Å². The number of benzene rings is 1. The lowest BCUT2D eigenvalue weighted by Crippen LogP contribution is -2.32. The van der Waals surface area contributed by atoms with E-state index in [-0.39, 0.29) is 24.1 Å². The Labute approximate surface area is 136 Å². The molecule has 0 bridgehead atoms. The molecule has 0 N–H and O–H groups in total. The van der Waals surface area contributed by atoms with Gasteiger partial charge in [0.1, 0.15) is 5.82 Å². The zero-order valence-electron chi connectivity index (χ0n) is 13.8. The van der Waals surface area contributed by atoms with Crippen molar-refractivity contribution >= 4 is 18.0 Å². The monoisotopic (exact) mass is 321 g/mol. The molecule has 0 aliphatic heterocycles. The molecule has 0 heterocycles. The first-order valence-corrected chi connectivity index (χ1v) is 7.95. The normalized spacial score (nSPS) is 10.7. The summed E-state index contributed by atoms with van der Waals surface area (Å²) < 4.78 is 17.7. The highest BCUT2D eigenvalue weighted by Gasteiger charge is 2.12. The fourth-order valence-electron chi connectivity index (χ4n) is 1.99. The molecule has 0 saturated heterocycles. The Morgan fingerprint density at radius 3 is 2.48 bits per heavy atom. The molecule has 0 atom stereocenters. The Morgan fingerprint density at radius 2 is 1.87 bits per heavy atom. The third-order valence-electron chi connectivity index (χ3n) is 3.27. The van der Waals surface area contributed by atoms with Crippen LogP contribution in [0.15, 0.2) is 30.3 Å². The van der Waals surface area contributed by atoms with Crippen LogP contribution in [0.2, 0.25) is 0 Å². The van der Waals surface area contributed by atoms with Crippen molar-refractivity contribution in [1.29, 1.82) is 0 Å². The maximum absolute atomic E-state index is 12.8. The largest absolute Gasteiger partial charge is 0.466 e. The summed E-state index contributed by atoms with van der Waals surface area (Å²) in [4.78, 5) is 25.4. The second kappa shape index (κ2) is 10.5. The van der Waals surface area contributed by atoms with Crippen molar-refractivity contribution < 1.29 is 18.7 Å². The van der Waals surface area contributed by atoms with Gasteiger partial charge >= 0.3 is 5.97 Å². The van der Waals surface area contributed by atoms with E-state index in [1.165, 1.54) is 18.2 Å². The lowest BCUT2D eigenvalue weighted by Gasteiger charge is -2.20. The summed E-state index contributed by atoms with van der Waals surface area (Å²) in [6, 6.07) is 5.90. The van der Waals surface area contributed by atoms with Crippen LogP contribution in [0.5, 0.6) is 0 Å². The van der Waals surface area contributed by atoms with Gasteiger partial charge in [-0.15, -0.1) is 0 Å². The first-order valence-electron chi connectivity index (χ1n) is 7.95. The summed E-state index contributed by atoms with van der Waals surface area (Å²) >= 11 is 0. The number of amides is 1. The first kappa shape index (κ1) is 18.9. The summed E-state index contributed by atoms with van der Waals surface area (Å²) in [6.45, 7) is 5.08. The number of ether oxygens (including phenoxy) is 1. The maximum atomic E-state index is 12.8. The van der Waals surface area contributed by atoms with Crippen LogP contribution in [0.1, 0.15) is 38.7 Å². The highest BCUT2D eigenvalue weighted by Crippen LogP contribution is 2.06. The van der Waals surface area contributed by atoms with E-state index in [4.69, 9.17) is 4.74 Å². The van der Waals surface area contributed by atoms with Crippen LogP contribution in [-0.4, -0.2) is 36.5 Å². The van der Waals surface area contributed by atoms with Crippen molar-refractivity contribution in [2.24, 2.45) is 0 Å². The molecule has 4 nitrogen and oxygen atoms in total. The second-order valence-electron chi connectivity index (χ2n) is 5.12. The molecule has 0 spiro atoms. The third kappa shape index (κ3) is 7.58. The number of carbonyl (C=O) groups is 2. The van der Waals surface area contributed by atoms with Gasteiger partial charge in [0.25, 0.3) is 0 Å². The average Bonchev–Trinajstić information content (AvgIpc) is 2.54. The molecule has 126 valence electrons. The van der Waals surface area contributed by atoms with Crippen molar-refractivity contribution in [3.8, 4) is 0 Å². The van der Waals surface area contributed by atoms with Crippen LogP contribution in [0.4, 0.5) is 4.39 Å². The quantitative estimate of drug-likeness (QED) is 0.517. The summed E-state index contributed by atoms with van der Waals surface area (Å²) in [5, 5.41) is 0. The molecular formula is C18H24FNO3. The maximum Gasteiger partial charge on any atom is 0.307 e. The molecular weight excluding hydrogens is 297 g/mol. The third-order valence-corrected chi connectivity index (χ3v) is 3.27. The number of halogens is 1. The molecule has 0 aliphatic rings. The van der Waals surface area contributed by atoms with Gasteiger partial charge in [-0.05, 0) is 37.1 Å². The van der Waals surface area contributed by atoms with Gasteiger partial charge < -0.3 is 9.64 Å². The predicted molar refractivity (Wildman–Crippen MR) is 88.2 cm³/mol. The Bertz CT molecular complexity index is 526. The highest BCUT2D eigenvalue weighted by molar-refractivity contribution is 5.92. The molecule has 0 fully saturated rings. The Balaban J connectivity index is 2.62. The van der Waals surface area contributed by atoms with Gasteiger partial charge in [-0.2, -0.15) is 0 Å². The van der Waals surface area contributed by atoms with E-state index < -0.39 is 0 Å². The lowest BCUT2D eigenvalue weighted by atomic mass is 10.2. The zero-order valence-corrected chi connectivity index (χ0v) is 13.8. The van der Waals surface area contributed by atoms with Crippen molar-refractivity contribution in [1.82, 2.24) is 4.90 Å². The van der Waals surface area contributed by atoms with Crippen molar-refractivity contribution in [2.45, 2.75) is 33.1 Å². The van der Waals surface area contributed by atoms with Gasteiger partial charge in [0, 0.05) is 19.2 Å². The summed E-state index contributed by atoms with van der Waals surface area (Å²) in [5.74, 6) is -0.774. The smallest absolute Gasteiger partial charge is 0.307 e. The fraction of sp³-hybridized carbons (Fsp3) is 0.444. The minimum absolute atomic E-state index is 0.160. The van der Waals surface area contributed by atoms with E-state index in [1.807, 2.05) is 6.92 Å². The lowest BCUT2D eigenvalue weighted by molar-refractivity contribution is -0.143. The molecule has 0 aliphatic carbocycles. The predicted octanol–water partition coefficient (Wildman–Crippen LogP) is 3.42. The standard InChI is InChI=1S/C18H24FNO3/c1-3-5-13-20(14-12-18(22)23-4-2)17(21)11-8-15-6-9-16(19)10-7-15/h6-11H,3-5,12-14H2,1-2H3/b11-8+. The average molecular weight is 321 g/mol. The van der Waals surface area contributed by atoms with Crippen molar-refractivity contribution in [2.75, 3.05) is 19.7 Å². The van der Waals surface area contributed by atoms with E-state index in [0.717, 1.165) is 18.4 Å². The van der Waals surface area contributed by atoms with Gasteiger partial charge in [0.15, 0.2) is 0 Å². The molecule has 0 saturated carbocycles. The molecule has 0 unspecified atom stereocenters.